The normalized spacial score (nSPS) is 14.6. The second kappa shape index (κ2) is 6.91. The highest BCUT2D eigenvalue weighted by atomic mass is 79.9. The van der Waals surface area contributed by atoms with E-state index in [1.807, 2.05) is 6.07 Å². The van der Waals surface area contributed by atoms with E-state index in [1.54, 1.807) is 0 Å². The summed E-state index contributed by atoms with van der Waals surface area (Å²) < 4.78 is 10.1. The van der Waals surface area contributed by atoms with Gasteiger partial charge in [-0.05, 0) is 30.2 Å². The van der Waals surface area contributed by atoms with Gasteiger partial charge in [0.1, 0.15) is 10.6 Å². The van der Waals surface area contributed by atoms with Crippen molar-refractivity contribution in [2.24, 2.45) is 0 Å². The van der Waals surface area contributed by atoms with Gasteiger partial charge < -0.3 is 14.8 Å². The molecule has 19 heavy (non-hydrogen) atoms. The maximum atomic E-state index is 11.2. The fourth-order valence-corrected chi connectivity index (χ4v) is 2.48. The van der Waals surface area contributed by atoms with Crippen molar-refractivity contribution in [1.29, 1.82) is 0 Å². The maximum Gasteiger partial charge on any atom is 0.320 e. The van der Waals surface area contributed by atoms with Crippen LogP contribution in [0.15, 0.2) is 18.2 Å². The quantitative estimate of drug-likeness (QED) is 0.490. The molecule has 0 radical (unpaired) electrons. The third kappa shape index (κ3) is 3.94. The highest BCUT2D eigenvalue weighted by molar-refractivity contribution is 9.10. The Kier molecular flexibility index (Phi) is 5.22. The van der Waals surface area contributed by atoms with Crippen molar-refractivity contribution in [1.82, 2.24) is 5.32 Å². The van der Waals surface area contributed by atoms with Crippen molar-refractivity contribution < 1.29 is 14.3 Å². The molecule has 2 rings (SSSR count). The molecule has 0 spiro atoms. The smallest absolute Gasteiger partial charge is 0.320 e. The van der Waals surface area contributed by atoms with Crippen molar-refractivity contribution >= 4 is 21.9 Å². The Hall–Kier alpha value is -1.07. The fraction of sp³-hybridized carbons (Fsp3) is 0.500. The first-order valence-electron chi connectivity index (χ1n) is 6.38. The zero-order chi connectivity index (χ0) is 13.7. The van der Waals surface area contributed by atoms with E-state index in [0.29, 0.717) is 6.54 Å². The summed E-state index contributed by atoms with van der Waals surface area (Å²) in [4.78, 5) is 10.9. The molecule has 1 aliphatic rings. The monoisotopic (exact) mass is 327 g/mol. The zero-order valence-electron chi connectivity index (χ0n) is 10.9. The number of halogens is 1. The molecule has 1 heterocycles. The second-order valence-electron chi connectivity index (χ2n) is 4.49. The van der Waals surface area contributed by atoms with Gasteiger partial charge in [-0.3, -0.25) is 4.79 Å². The average molecular weight is 328 g/mol. The molecule has 0 amide bonds. The lowest BCUT2D eigenvalue weighted by atomic mass is 10.1. The molecular formula is C14H18BrNO3. The van der Waals surface area contributed by atoms with Crippen molar-refractivity contribution in [2.75, 3.05) is 26.8 Å². The van der Waals surface area contributed by atoms with Crippen LogP contribution in [0.4, 0.5) is 0 Å². The lowest BCUT2D eigenvalue weighted by Crippen LogP contribution is -2.30. The Labute approximate surface area is 121 Å². The van der Waals surface area contributed by atoms with Crippen LogP contribution in [0, 0.1) is 0 Å². The van der Waals surface area contributed by atoms with Gasteiger partial charge in [0, 0.05) is 13.0 Å². The Morgan fingerprint density at radius 2 is 2.42 bits per heavy atom. The van der Waals surface area contributed by atoms with Gasteiger partial charge in [-0.1, -0.05) is 28.1 Å². The molecule has 0 fully saturated rings. The van der Waals surface area contributed by atoms with Gasteiger partial charge in [-0.2, -0.15) is 0 Å². The topological polar surface area (TPSA) is 47.6 Å². The third-order valence-electron chi connectivity index (χ3n) is 3.12. The lowest BCUT2D eigenvalue weighted by molar-refractivity contribution is -0.139. The van der Waals surface area contributed by atoms with Gasteiger partial charge in [0.15, 0.2) is 0 Å². The van der Waals surface area contributed by atoms with Gasteiger partial charge in [-0.15, -0.1) is 0 Å². The highest BCUT2D eigenvalue weighted by Crippen LogP contribution is 2.25. The Morgan fingerprint density at radius 3 is 3.21 bits per heavy atom. The van der Waals surface area contributed by atoms with Crippen LogP contribution in [0.25, 0.3) is 0 Å². The molecule has 1 aromatic carbocycles. The number of carbonyl (C=O) groups excluding carboxylic acids is 1. The number of nitrogens with one attached hydrogen (secondary N) is 1. The van der Waals surface area contributed by atoms with Crippen LogP contribution in [0.5, 0.6) is 5.75 Å². The molecule has 1 aromatic rings. The number of rotatable bonds is 6. The summed E-state index contributed by atoms with van der Waals surface area (Å²) in [6.45, 7) is 2.20. The molecule has 1 atom stereocenters. The number of hydrogen-bond donors (Lipinski definition) is 1. The molecule has 1 unspecified atom stereocenters. The van der Waals surface area contributed by atoms with E-state index in [4.69, 9.17) is 4.74 Å². The van der Waals surface area contributed by atoms with Crippen LogP contribution in [0.1, 0.15) is 11.1 Å². The summed E-state index contributed by atoms with van der Waals surface area (Å²) in [6.07, 6.45) is 1.94. The molecule has 104 valence electrons. The SMILES string of the molecule is COC(=O)C(Br)CNCCc1ccc2c(c1)CCO2. The minimum absolute atomic E-state index is 0.248. The third-order valence-corrected chi connectivity index (χ3v) is 3.82. The zero-order valence-corrected chi connectivity index (χ0v) is 12.5. The molecule has 0 saturated heterocycles. The minimum Gasteiger partial charge on any atom is -0.493 e. The molecule has 0 saturated carbocycles. The maximum absolute atomic E-state index is 11.2. The molecular weight excluding hydrogens is 310 g/mol. The summed E-state index contributed by atoms with van der Waals surface area (Å²) >= 11 is 3.28. The summed E-state index contributed by atoms with van der Waals surface area (Å²) in [5.74, 6) is 0.769. The van der Waals surface area contributed by atoms with Crippen molar-refractivity contribution in [2.45, 2.75) is 17.7 Å². The van der Waals surface area contributed by atoms with E-state index in [2.05, 4.69) is 38.1 Å². The standard InChI is InChI=1S/C14H18BrNO3/c1-18-14(17)12(15)9-16-6-4-10-2-3-13-11(8-10)5-7-19-13/h2-3,8,12,16H,4-7,9H2,1H3. The van der Waals surface area contributed by atoms with Crippen LogP contribution >= 0.6 is 15.9 Å². The molecule has 5 heteroatoms. The molecule has 1 aliphatic heterocycles. The van der Waals surface area contributed by atoms with E-state index in [9.17, 15) is 4.79 Å². The number of alkyl halides is 1. The number of hydrogen-bond acceptors (Lipinski definition) is 4. The molecule has 0 aliphatic carbocycles. The van der Waals surface area contributed by atoms with E-state index in [0.717, 1.165) is 31.7 Å². The van der Waals surface area contributed by atoms with E-state index in [-0.39, 0.29) is 10.8 Å². The van der Waals surface area contributed by atoms with E-state index >= 15 is 0 Å². The number of methoxy groups -OCH3 is 1. The summed E-state index contributed by atoms with van der Waals surface area (Å²) in [5.41, 5.74) is 2.59. The van der Waals surface area contributed by atoms with Gasteiger partial charge in [0.25, 0.3) is 0 Å². The summed E-state index contributed by atoms with van der Waals surface area (Å²) in [5, 5.41) is 3.24. The van der Waals surface area contributed by atoms with Crippen LogP contribution < -0.4 is 10.1 Å². The van der Waals surface area contributed by atoms with Gasteiger partial charge in [-0.25, -0.2) is 0 Å². The van der Waals surface area contributed by atoms with E-state index in [1.165, 1.54) is 18.2 Å². The number of fused-ring (bicyclic) bond motifs is 1. The number of ether oxygens (including phenoxy) is 2. The van der Waals surface area contributed by atoms with Crippen LogP contribution in [-0.2, 0) is 22.4 Å². The van der Waals surface area contributed by atoms with Crippen LogP contribution in [0.3, 0.4) is 0 Å². The Bertz CT molecular complexity index is 450. The van der Waals surface area contributed by atoms with Gasteiger partial charge in [0.2, 0.25) is 0 Å². The second-order valence-corrected chi connectivity index (χ2v) is 5.59. The number of benzene rings is 1. The molecule has 0 bridgehead atoms. The van der Waals surface area contributed by atoms with Gasteiger partial charge >= 0.3 is 5.97 Å². The average Bonchev–Trinajstić information content (AvgIpc) is 2.89. The first kappa shape index (κ1) is 14.3. The Balaban J connectivity index is 1.73. The van der Waals surface area contributed by atoms with Crippen molar-refractivity contribution in [3.05, 3.63) is 29.3 Å². The van der Waals surface area contributed by atoms with Gasteiger partial charge in [0.05, 0.1) is 13.7 Å². The minimum atomic E-state index is -0.286. The number of carbonyl (C=O) groups is 1. The van der Waals surface area contributed by atoms with Crippen LogP contribution in [-0.4, -0.2) is 37.6 Å². The predicted octanol–water partition coefficient (Wildman–Crippen LogP) is 1.69. The first-order valence-corrected chi connectivity index (χ1v) is 7.29. The number of esters is 1. The van der Waals surface area contributed by atoms with E-state index < -0.39 is 0 Å². The molecule has 4 nitrogen and oxygen atoms in total. The Morgan fingerprint density at radius 1 is 1.58 bits per heavy atom. The first-order chi connectivity index (χ1) is 9.20. The van der Waals surface area contributed by atoms with Crippen molar-refractivity contribution in [3.8, 4) is 5.75 Å². The predicted molar refractivity (Wildman–Crippen MR) is 76.9 cm³/mol. The largest absolute Gasteiger partial charge is 0.493 e. The fourth-order valence-electron chi connectivity index (χ4n) is 2.07. The summed E-state index contributed by atoms with van der Waals surface area (Å²) in [6, 6.07) is 6.34. The summed E-state index contributed by atoms with van der Waals surface area (Å²) in [7, 11) is 1.39. The lowest BCUT2D eigenvalue weighted by Gasteiger charge is -2.09. The highest BCUT2D eigenvalue weighted by Gasteiger charge is 2.14. The molecule has 0 aromatic heterocycles. The van der Waals surface area contributed by atoms with Crippen molar-refractivity contribution in [3.63, 3.8) is 0 Å². The molecule has 1 N–H and O–H groups in total. The van der Waals surface area contributed by atoms with Crippen LogP contribution in [0.2, 0.25) is 0 Å².